The zero-order valence-electron chi connectivity index (χ0n) is 19.2. The second kappa shape index (κ2) is 9.79. The van der Waals surface area contributed by atoms with Crippen LogP contribution in [0.1, 0.15) is 24.4 Å². The molecule has 1 aliphatic carbocycles. The van der Waals surface area contributed by atoms with E-state index in [0.717, 1.165) is 29.8 Å². The topological polar surface area (TPSA) is 111 Å². The maximum Gasteiger partial charge on any atom is 0.338 e. The molecule has 1 N–H and O–H groups in total. The van der Waals surface area contributed by atoms with Gasteiger partial charge in [-0.15, -0.1) is 5.10 Å². The van der Waals surface area contributed by atoms with Gasteiger partial charge in [-0.05, 0) is 53.1 Å². The van der Waals surface area contributed by atoms with Crippen LogP contribution in [0.2, 0.25) is 0 Å². The van der Waals surface area contributed by atoms with Crippen molar-refractivity contribution < 1.29 is 19.1 Å². The molecule has 1 saturated carbocycles. The number of nitrogens with one attached hydrogen (secondary N) is 1. The normalized spacial score (nSPS) is 17.8. The third kappa shape index (κ3) is 4.59. The summed E-state index contributed by atoms with van der Waals surface area (Å²) < 4.78 is 12.0. The number of hydrogen-bond donors (Lipinski definition) is 1. The SMILES string of the molecule is COC(=O)C1=C(CSc2nnnn2-c2ccc(OC)cc2)N(C2CC2)C(=O)NC1c1ccccc1. The van der Waals surface area contributed by atoms with E-state index < -0.39 is 12.0 Å². The number of amides is 2. The summed E-state index contributed by atoms with van der Waals surface area (Å²) in [5.41, 5.74) is 2.61. The number of esters is 1. The molecule has 3 aromatic rings. The van der Waals surface area contributed by atoms with Gasteiger partial charge in [0.25, 0.3) is 0 Å². The van der Waals surface area contributed by atoms with Gasteiger partial charge < -0.3 is 14.8 Å². The lowest BCUT2D eigenvalue weighted by Crippen LogP contribution is -2.50. The molecule has 1 fully saturated rings. The number of hydrogen-bond acceptors (Lipinski definition) is 8. The Morgan fingerprint density at radius 1 is 1.11 bits per heavy atom. The van der Waals surface area contributed by atoms with Gasteiger partial charge in [0.1, 0.15) is 5.75 Å². The highest BCUT2D eigenvalue weighted by Gasteiger charge is 2.44. The van der Waals surface area contributed by atoms with Gasteiger partial charge in [0.2, 0.25) is 5.16 Å². The van der Waals surface area contributed by atoms with Gasteiger partial charge in [-0.25, -0.2) is 9.59 Å². The summed E-state index contributed by atoms with van der Waals surface area (Å²) in [5, 5.41) is 15.6. The molecule has 2 heterocycles. The predicted octanol–water partition coefficient (Wildman–Crippen LogP) is 3.12. The predicted molar refractivity (Wildman–Crippen MR) is 128 cm³/mol. The summed E-state index contributed by atoms with van der Waals surface area (Å²) in [6.07, 6.45) is 1.77. The van der Waals surface area contributed by atoms with Crippen molar-refractivity contribution in [2.45, 2.75) is 30.1 Å². The van der Waals surface area contributed by atoms with Crippen molar-refractivity contribution in [2.24, 2.45) is 0 Å². The summed E-state index contributed by atoms with van der Waals surface area (Å²) in [6, 6.07) is 16.0. The average Bonchev–Trinajstić information content (AvgIpc) is 3.63. The summed E-state index contributed by atoms with van der Waals surface area (Å²) in [6.45, 7) is 0. The lowest BCUT2D eigenvalue weighted by Gasteiger charge is -2.36. The minimum absolute atomic E-state index is 0.0552. The van der Waals surface area contributed by atoms with E-state index in [0.29, 0.717) is 22.2 Å². The quantitative estimate of drug-likeness (QED) is 0.377. The number of carbonyl (C=O) groups excluding carboxylic acids is 2. The van der Waals surface area contributed by atoms with Crippen LogP contribution in [0.4, 0.5) is 4.79 Å². The molecule has 35 heavy (non-hydrogen) atoms. The van der Waals surface area contributed by atoms with Crippen molar-refractivity contribution >= 4 is 23.8 Å². The van der Waals surface area contributed by atoms with Gasteiger partial charge in [0, 0.05) is 17.5 Å². The van der Waals surface area contributed by atoms with Gasteiger partial charge in [-0.1, -0.05) is 42.1 Å². The van der Waals surface area contributed by atoms with Crippen LogP contribution in [0.25, 0.3) is 5.69 Å². The lowest BCUT2D eigenvalue weighted by molar-refractivity contribution is -0.136. The van der Waals surface area contributed by atoms with E-state index in [2.05, 4.69) is 20.8 Å². The fourth-order valence-electron chi connectivity index (χ4n) is 4.08. The molecule has 1 unspecified atom stereocenters. The van der Waals surface area contributed by atoms with Crippen LogP contribution in [0.3, 0.4) is 0 Å². The first-order valence-electron chi connectivity index (χ1n) is 11.1. The van der Waals surface area contributed by atoms with Gasteiger partial charge in [0.15, 0.2) is 0 Å². The molecule has 1 aliphatic heterocycles. The zero-order chi connectivity index (χ0) is 24.4. The third-order valence-electron chi connectivity index (χ3n) is 5.92. The highest BCUT2D eigenvalue weighted by Crippen LogP contribution is 2.40. The molecule has 0 bridgehead atoms. The maximum atomic E-state index is 13.2. The average molecular weight is 493 g/mol. The van der Waals surface area contributed by atoms with Crippen LogP contribution in [0.5, 0.6) is 5.75 Å². The van der Waals surface area contributed by atoms with Crippen LogP contribution in [0, 0.1) is 0 Å². The van der Waals surface area contributed by atoms with Crippen molar-refractivity contribution in [3.63, 3.8) is 0 Å². The fraction of sp³-hybridized carbons (Fsp3) is 0.292. The third-order valence-corrected chi connectivity index (χ3v) is 6.85. The smallest absolute Gasteiger partial charge is 0.338 e. The minimum Gasteiger partial charge on any atom is -0.497 e. The number of nitrogens with zero attached hydrogens (tertiary/aromatic N) is 5. The number of aromatic nitrogens is 4. The van der Waals surface area contributed by atoms with Crippen molar-refractivity contribution in [1.82, 2.24) is 30.4 Å². The molecule has 10 nitrogen and oxygen atoms in total. The highest BCUT2D eigenvalue weighted by atomic mass is 32.2. The van der Waals surface area contributed by atoms with Crippen LogP contribution in [0.15, 0.2) is 71.0 Å². The van der Waals surface area contributed by atoms with E-state index in [-0.39, 0.29) is 12.1 Å². The van der Waals surface area contributed by atoms with E-state index in [9.17, 15) is 9.59 Å². The second-order valence-corrected chi connectivity index (χ2v) is 9.05. The van der Waals surface area contributed by atoms with Gasteiger partial charge in [-0.2, -0.15) is 4.68 Å². The molecule has 2 aliphatic rings. The van der Waals surface area contributed by atoms with Crippen molar-refractivity contribution in [3.8, 4) is 11.4 Å². The first-order valence-corrected chi connectivity index (χ1v) is 12.1. The minimum atomic E-state index is -0.612. The molecule has 0 saturated heterocycles. The molecule has 2 amide bonds. The largest absolute Gasteiger partial charge is 0.497 e. The van der Waals surface area contributed by atoms with Crippen LogP contribution >= 0.6 is 11.8 Å². The van der Waals surface area contributed by atoms with Crippen LogP contribution in [-0.4, -0.2) is 63.1 Å². The van der Waals surface area contributed by atoms with E-state index in [4.69, 9.17) is 9.47 Å². The van der Waals surface area contributed by atoms with E-state index in [1.54, 1.807) is 16.7 Å². The zero-order valence-corrected chi connectivity index (χ0v) is 20.1. The van der Waals surface area contributed by atoms with Crippen molar-refractivity contribution in [2.75, 3.05) is 20.0 Å². The number of methoxy groups -OCH3 is 2. The number of benzene rings is 2. The van der Waals surface area contributed by atoms with E-state index in [1.165, 1.54) is 18.9 Å². The Bertz CT molecular complexity index is 1260. The Balaban J connectivity index is 1.51. The molecule has 180 valence electrons. The molecule has 11 heteroatoms. The fourth-order valence-corrected chi connectivity index (χ4v) is 5.00. The Hall–Kier alpha value is -3.86. The summed E-state index contributed by atoms with van der Waals surface area (Å²) in [5.74, 6) is 0.563. The Labute approximate surface area is 206 Å². The Kier molecular flexibility index (Phi) is 6.41. The van der Waals surface area contributed by atoms with Crippen LogP contribution < -0.4 is 10.1 Å². The number of urea groups is 1. The van der Waals surface area contributed by atoms with Crippen molar-refractivity contribution in [1.29, 1.82) is 0 Å². The van der Waals surface area contributed by atoms with Gasteiger partial charge in [0.05, 0.1) is 31.5 Å². The highest BCUT2D eigenvalue weighted by molar-refractivity contribution is 7.99. The first-order chi connectivity index (χ1) is 17.1. The maximum absolute atomic E-state index is 13.2. The monoisotopic (exact) mass is 492 g/mol. The number of ether oxygens (including phenoxy) is 2. The molecule has 1 atom stereocenters. The summed E-state index contributed by atoms with van der Waals surface area (Å²) >= 11 is 1.35. The number of thioether (sulfide) groups is 1. The van der Waals surface area contributed by atoms with E-state index in [1.807, 2.05) is 54.6 Å². The molecule has 5 rings (SSSR count). The van der Waals surface area contributed by atoms with E-state index >= 15 is 0 Å². The van der Waals surface area contributed by atoms with Crippen molar-refractivity contribution in [3.05, 3.63) is 71.4 Å². The molecule has 0 radical (unpaired) electrons. The number of carbonyl (C=O) groups is 2. The second-order valence-electron chi connectivity index (χ2n) is 8.11. The molecule has 1 aromatic heterocycles. The molecule has 0 spiro atoms. The Morgan fingerprint density at radius 2 is 1.86 bits per heavy atom. The number of rotatable bonds is 8. The van der Waals surface area contributed by atoms with Gasteiger partial charge in [-0.3, -0.25) is 4.90 Å². The summed E-state index contributed by atoms with van der Waals surface area (Å²) in [7, 11) is 2.96. The Morgan fingerprint density at radius 3 is 2.51 bits per heavy atom. The van der Waals surface area contributed by atoms with Crippen LogP contribution in [-0.2, 0) is 9.53 Å². The molecule has 2 aromatic carbocycles. The standard InChI is InChI=1S/C24H24N6O4S/c1-33-18-12-10-17(11-13-18)30-24(26-27-28-30)35-14-19-20(22(31)34-2)21(15-6-4-3-5-7-15)25-23(32)29(19)16-8-9-16/h3-7,10-13,16,21H,8-9,14H2,1-2H3,(H,25,32). The number of tetrazole rings is 1. The first kappa shape index (κ1) is 22.9. The lowest BCUT2D eigenvalue weighted by atomic mass is 9.95. The molecular weight excluding hydrogens is 468 g/mol. The molecular formula is C24H24N6O4S. The summed E-state index contributed by atoms with van der Waals surface area (Å²) in [4.78, 5) is 27.9. The van der Waals surface area contributed by atoms with Gasteiger partial charge >= 0.3 is 12.0 Å².